The summed E-state index contributed by atoms with van der Waals surface area (Å²) in [5.74, 6) is 0.600. The van der Waals surface area contributed by atoms with Crippen molar-refractivity contribution in [3.8, 4) is 0 Å². The number of amides is 1. The number of carbonyl (C=O) groups is 1. The number of fused-ring (bicyclic) bond motifs is 2. The minimum absolute atomic E-state index is 0.0393. The number of aromatic nitrogens is 5. The zero-order valence-corrected chi connectivity index (χ0v) is 17.2. The molecule has 1 amide bonds. The van der Waals surface area contributed by atoms with Crippen LogP contribution in [-0.2, 0) is 19.5 Å². The van der Waals surface area contributed by atoms with Gasteiger partial charge in [0.05, 0.1) is 22.8 Å². The van der Waals surface area contributed by atoms with Gasteiger partial charge >= 0.3 is 0 Å². The molecule has 30 heavy (non-hydrogen) atoms. The number of aryl methyl sites for hydroxylation is 2. The van der Waals surface area contributed by atoms with E-state index in [1.54, 1.807) is 15.6 Å². The van der Waals surface area contributed by atoms with Crippen molar-refractivity contribution < 1.29 is 4.79 Å². The van der Waals surface area contributed by atoms with Crippen molar-refractivity contribution in [2.24, 2.45) is 0 Å². The van der Waals surface area contributed by atoms with E-state index in [0.717, 1.165) is 24.2 Å². The molecule has 0 saturated heterocycles. The molecule has 152 valence electrons. The monoisotopic (exact) mass is 420 g/mol. The first kappa shape index (κ1) is 18.7. The van der Waals surface area contributed by atoms with Crippen LogP contribution in [0.15, 0.2) is 47.8 Å². The summed E-state index contributed by atoms with van der Waals surface area (Å²) in [6, 6.07) is 9.46. The van der Waals surface area contributed by atoms with E-state index >= 15 is 0 Å². The molecule has 0 spiro atoms. The first-order chi connectivity index (χ1) is 14.6. The maximum Gasteiger partial charge on any atom is 0.262 e. The van der Waals surface area contributed by atoms with Gasteiger partial charge in [0, 0.05) is 13.0 Å². The van der Waals surface area contributed by atoms with Gasteiger partial charge < -0.3 is 5.32 Å². The topological polar surface area (TPSA) is 94.7 Å². The number of nitrogens with zero attached hydrogens (tertiary/aromatic N) is 5. The molecule has 1 atom stereocenters. The Bertz CT molecular complexity index is 1280. The highest BCUT2D eigenvalue weighted by atomic mass is 32.1. The summed E-state index contributed by atoms with van der Waals surface area (Å²) in [6.07, 6.45) is 4.84. The molecule has 0 saturated carbocycles. The maximum atomic E-state index is 13.2. The Labute approximate surface area is 176 Å². The van der Waals surface area contributed by atoms with Crippen molar-refractivity contribution in [3.63, 3.8) is 0 Å². The first-order valence-electron chi connectivity index (χ1n) is 9.83. The van der Waals surface area contributed by atoms with Crippen molar-refractivity contribution >= 4 is 27.5 Å². The molecule has 0 aliphatic carbocycles. The molecule has 1 aliphatic rings. The third-order valence-corrected chi connectivity index (χ3v) is 6.65. The van der Waals surface area contributed by atoms with Gasteiger partial charge in [-0.2, -0.15) is 5.10 Å². The smallest absolute Gasteiger partial charge is 0.262 e. The van der Waals surface area contributed by atoms with E-state index in [-0.39, 0.29) is 17.5 Å². The van der Waals surface area contributed by atoms with Gasteiger partial charge in [0.25, 0.3) is 11.5 Å². The molecule has 4 aromatic rings. The highest BCUT2D eigenvalue weighted by molar-refractivity contribution is 7.20. The Morgan fingerprint density at radius 2 is 2.13 bits per heavy atom. The summed E-state index contributed by atoms with van der Waals surface area (Å²) in [7, 11) is 0. The fraction of sp³-hybridized carbons (Fsp3) is 0.286. The van der Waals surface area contributed by atoms with Crippen LogP contribution in [-0.4, -0.2) is 30.2 Å². The summed E-state index contributed by atoms with van der Waals surface area (Å²) < 4.78 is 3.43. The second-order valence-corrected chi connectivity index (χ2v) is 8.38. The molecule has 1 N–H and O–H groups in total. The van der Waals surface area contributed by atoms with Crippen LogP contribution in [0.4, 0.5) is 0 Å². The Balaban J connectivity index is 1.50. The second kappa shape index (κ2) is 7.49. The normalized spacial score (nSPS) is 14.0. The van der Waals surface area contributed by atoms with E-state index in [4.69, 9.17) is 0 Å². The van der Waals surface area contributed by atoms with Gasteiger partial charge in [0.15, 0.2) is 0 Å². The average Bonchev–Trinajstić information content (AvgIpc) is 3.49. The molecule has 1 aliphatic heterocycles. The second-order valence-electron chi connectivity index (χ2n) is 7.38. The fourth-order valence-electron chi connectivity index (χ4n) is 3.95. The Morgan fingerprint density at radius 1 is 1.30 bits per heavy atom. The highest BCUT2D eigenvalue weighted by Gasteiger charge is 2.25. The standard InChI is InChI=1S/C21H20N6O2S/c1-13-17-20(25-16-8-5-9-27(16)21(17)29)30-18(13)19(28)24-15(10-26-12-22-11-23-26)14-6-3-2-4-7-14/h2-4,6-7,11-12,15H,5,8-10H2,1H3,(H,24,28). The van der Waals surface area contributed by atoms with Gasteiger partial charge in [-0.15, -0.1) is 11.3 Å². The molecule has 3 aromatic heterocycles. The third kappa shape index (κ3) is 3.21. The lowest BCUT2D eigenvalue weighted by molar-refractivity contribution is 0.0935. The lowest BCUT2D eigenvalue weighted by Crippen LogP contribution is -2.31. The summed E-state index contributed by atoms with van der Waals surface area (Å²) >= 11 is 1.29. The highest BCUT2D eigenvalue weighted by Crippen LogP contribution is 2.29. The number of hydrogen-bond acceptors (Lipinski definition) is 6. The number of thiophene rings is 1. The van der Waals surface area contributed by atoms with Crippen molar-refractivity contribution in [3.05, 3.63) is 75.2 Å². The molecule has 9 heteroatoms. The number of hydrogen-bond donors (Lipinski definition) is 1. The van der Waals surface area contributed by atoms with Gasteiger partial charge in [0.2, 0.25) is 0 Å². The van der Waals surface area contributed by atoms with Crippen molar-refractivity contribution in [2.75, 3.05) is 0 Å². The van der Waals surface area contributed by atoms with E-state index in [0.29, 0.717) is 33.7 Å². The fourth-order valence-corrected chi connectivity index (χ4v) is 5.04. The molecule has 4 heterocycles. The van der Waals surface area contributed by atoms with E-state index < -0.39 is 0 Å². The molecule has 5 rings (SSSR count). The zero-order chi connectivity index (χ0) is 20.7. The molecule has 0 radical (unpaired) electrons. The van der Waals surface area contributed by atoms with Crippen LogP contribution in [0.1, 0.15) is 39.1 Å². The number of carbonyl (C=O) groups excluding carboxylic acids is 1. The molecule has 0 fully saturated rings. The number of rotatable bonds is 5. The molecule has 8 nitrogen and oxygen atoms in total. The van der Waals surface area contributed by atoms with Gasteiger partial charge in [0.1, 0.15) is 23.3 Å². The lowest BCUT2D eigenvalue weighted by Gasteiger charge is -2.19. The van der Waals surface area contributed by atoms with Crippen molar-refractivity contribution in [1.29, 1.82) is 0 Å². The summed E-state index contributed by atoms with van der Waals surface area (Å²) in [5, 5.41) is 7.83. The average molecular weight is 420 g/mol. The van der Waals surface area contributed by atoms with Crippen LogP contribution in [0.3, 0.4) is 0 Å². The minimum Gasteiger partial charge on any atom is -0.343 e. The Hall–Kier alpha value is -3.33. The largest absolute Gasteiger partial charge is 0.343 e. The lowest BCUT2D eigenvalue weighted by atomic mass is 10.1. The summed E-state index contributed by atoms with van der Waals surface area (Å²) in [6.45, 7) is 2.98. The Kier molecular flexibility index (Phi) is 4.66. The van der Waals surface area contributed by atoms with Crippen molar-refractivity contribution in [1.82, 2.24) is 29.6 Å². The predicted octanol–water partition coefficient (Wildman–Crippen LogP) is 2.48. The van der Waals surface area contributed by atoms with Crippen LogP contribution in [0.5, 0.6) is 0 Å². The van der Waals surface area contributed by atoms with Crippen LogP contribution < -0.4 is 10.9 Å². The first-order valence-corrected chi connectivity index (χ1v) is 10.6. The van der Waals surface area contributed by atoms with Gasteiger partial charge in [-0.05, 0) is 24.5 Å². The zero-order valence-electron chi connectivity index (χ0n) is 16.4. The van der Waals surface area contributed by atoms with Crippen LogP contribution in [0, 0.1) is 6.92 Å². The molecule has 0 bridgehead atoms. The van der Waals surface area contributed by atoms with Gasteiger partial charge in [-0.1, -0.05) is 30.3 Å². The predicted molar refractivity (Wildman–Crippen MR) is 114 cm³/mol. The number of nitrogens with one attached hydrogen (secondary N) is 1. The van der Waals surface area contributed by atoms with E-state index in [1.807, 2.05) is 37.3 Å². The van der Waals surface area contributed by atoms with Crippen LogP contribution >= 0.6 is 11.3 Å². The van der Waals surface area contributed by atoms with E-state index in [1.165, 1.54) is 17.7 Å². The maximum absolute atomic E-state index is 13.2. The van der Waals surface area contributed by atoms with Crippen LogP contribution in [0.2, 0.25) is 0 Å². The quantitative estimate of drug-likeness (QED) is 0.535. The van der Waals surface area contributed by atoms with Crippen LogP contribution in [0.25, 0.3) is 10.2 Å². The third-order valence-electron chi connectivity index (χ3n) is 5.46. The molecular formula is C21H20N6O2S. The number of benzene rings is 1. The SMILES string of the molecule is Cc1c(C(=O)NC(Cn2cncn2)c2ccccc2)sc2nc3n(c(=O)c12)CCC3. The molecule has 1 unspecified atom stereocenters. The minimum atomic E-state index is -0.288. The van der Waals surface area contributed by atoms with E-state index in [2.05, 4.69) is 20.4 Å². The summed E-state index contributed by atoms with van der Waals surface area (Å²) in [4.78, 5) is 36.0. The summed E-state index contributed by atoms with van der Waals surface area (Å²) in [5.41, 5.74) is 1.62. The van der Waals surface area contributed by atoms with Crippen molar-refractivity contribution in [2.45, 2.75) is 38.9 Å². The van der Waals surface area contributed by atoms with Gasteiger partial charge in [-0.25, -0.2) is 9.97 Å². The molecular weight excluding hydrogens is 400 g/mol. The molecule has 1 aromatic carbocycles. The van der Waals surface area contributed by atoms with Gasteiger partial charge in [-0.3, -0.25) is 18.8 Å². The Morgan fingerprint density at radius 3 is 2.90 bits per heavy atom. The van der Waals surface area contributed by atoms with E-state index in [9.17, 15) is 9.59 Å².